The van der Waals surface area contributed by atoms with Gasteiger partial charge in [0, 0.05) is 32.6 Å². The molecule has 0 spiro atoms. The van der Waals surface area contributed by atoms with Crippen LogP contribution in [0.5, 0.6) is 0 Å². The van der Waals surface area contributed by atoms with Gasteiger partial charge in [0.2, 0.25) is 5.91 Å². The third-order valence-corrected chi connectivity index (χ3v) is 7.51. The van der Waals surface area contributed by atoms with Crippen molar-refractivity contribution in [1.82, 2.24) is 9.80 Å². The standard InChI is InChI=1S/C20H29FN2O3S/c21-19-6-3-17(4-7-19)2-1-10-22-11-13-23(14-12-22)20(24)8-5-18-9-15-27(25,26)16-18/h3-4,6-7,18H,1-2,5,8-16H2. The molecule has 0 aliphatic carbocycles. The molecule has 1 unspecified atom stereocenters. The molecule has 150 valence electrons. The Morgan fingerprint density at radius 2 is 1.81 bits per heavy atom. The number of amides is 1. The Labute approximate surface area is 161 Å². The Kier molecular flexibility index (Phi) is 6.87. The molecule has 0 N–H and O–H groups in total. The van der Waals surface area contributed by atoms with E-state index in [1.165, 1.54) is 12.1 Å². The molecule has 1 aromatic carbocycles. The molecule has 1 atom stereocenters. The summed E-state index contributed by atoms with van der Waals surface area (Å²) in [6.45, 7) is 4.25. The molecule has 2 heterocycles. The minimum absolute atomic E-state index is 0.158. The highest BCUT2D eigenvalue weighted by molar-refractivity contribution is 7.91. The summed E-state index contributed by atoms with van der Waals surface area (Å²) in [4.78, 5) is 16.7. The first-order chi connectivity index (χ1) is 12.9. The van der Waals surface area contributed by atoms with Gasteiger partial charge in [0.05, 0.1) is 11.5 Å². The van der Waals surface area contributed by atoms with Gasteiger partial charge in [-0.15, -0.1) is 0 Å². The number of carbonyl (C=O) groups excluding carboxylic acids is 1. The van der Waals surface area contributed by atoms with E-state index in [0.29, 0.717) is 19.3 Å². The highest BCUT2D eigenvalue weighted by atomic mass is 32.2. The zero-order chi connectivity index (χ0) is 19.3. The van der Waals surface area contributed by atoms with Crippen LogP contribution >= 0.6 is 0 Å². The molecule has 1 amide bonds. The summed E-state index contributed by atoms with van der Waals surface area (Å²) in [5.41, 5.74) is 1.15. The number of halogens is 1. The van der Waals surface area contributed by atoms with Crippen molar-refractivity contribution in [3.05, 3.63) is 35.6 Å². The lowest BCUT2D eigenvalue weighted by Gasteiger charge is -2.35. The van der Waals surface area contributed by atoms with E-state index in [4.69, 9.17) is 0 Å². The average Bonchev–Trinajstić information content (AvgIpc) is 3.01. The minimum Gasteiger partial charge on any atom is -0.340 e. The molecule has 0 radical (unpaired) electrons. The SMILES string of the molecule is O=C(CCC1CCS(=O)(=O)C1)N1CCN(CCCc2ccc(F)cc2)CC1. The van der Waals surface area contributed by atoms with Gasteiger partial charge in [-0.2, -0.15) is 0 Å². The van der Waals surface area contributed by atoms with Crippen molar-refractivity contribution in [3.8, 4) is 0 Å². The number of rotatable bonds is 7. The summed E-state index contributed by atoms with van der Waals surface area (Å²) in [6.07, 6.45) is 3.82. The molecule has 5 nitrogen and oxygen atoms in total. The van der Waals surface area contributed by atoms with Crippen LogP contribution in [0.1, 0.15) is 31.2 Å². The van der Waals surface area contributed by atoms with Crippen LogP contribution in [0.15, 0.2) is 24.3 Å². The first kappa shape index (κ1) is 20.3. The van der Waals surface area contributed by atoms with E-state index < -0.39 is 9.84 Å². The molecule has 2 fully saturated rings. The summed E-state index contributed by atoms with van der Waals surface area (Å²) in [7, 11) is -2.86. The Morgan fingerprint density at radius 1 is 1.11 bits per heavy atom. The average molecular weight is 397 g/mol. The van der Waals surface area contributed by atoms with Crippen molar-refractivity contribution in [1.29, 1.82) is 0 Å². The fourth-order valence-corrected chi connectivity index (χ4v) is 5.87. The predicted molar refractivity (Wildman–Crippen MR) is 104 cm³/mol. The van der Waals surface area contributed by atoms with E-state index in [1.54, 1.807) is 0 Å². The fraction of sp³-hybridized carbons (Fsp3) is 0.650. The van der Waals surface area contributed by atoms with Crippen molar-refractivity contribution in [3.63, 3.8) is 0 Å². The van der Waals surface area contributed by atoms with Crippen LogP contribution in [0, 0.1) is 11.7 Å². The molecule has 0 bridgehead atoms. The van der Waals surface area contributed by atoms with E-state index in [2.05, 4.69) is 4.90 Å². The molecular weight excluding hydrogens is 367 g/mol. The summed E-state index contributed by atoms with van der Waals surface area (Å²) in [6, 6.07) is 6.67. The molecule has 2 aliphatic rings. The summed E-state index contributed by atoms with van der Waals surface area (Å²) in [5, 5.41) is 0. The molecule has 7 heteroatoms. The van der Waals surface area contributed by atoms with Crippen LogP contribution in [0.2, 0.25) is 0 Å². The van der Waals surface area contributed by atoms with E-state index >= 15 is 0 Å². The molecule has 0 aromatic heterocycles. The first-order valence-electron chi connectivity index (χ1n) is 9.86. The van der Waals surface area contributed by atoms with E-state index in [9.17, 15) is 17.6 Å². The lowest BCUT2D eigenvalue weighted by Crippen LogP contribution is -2.48. The van der Waals surface area contributed by atoms with E-state index in [0.717, 1.165) is 51.1 Å². The first-order valence-corrected chi connectivity index (χ1v) is 11.7. The maximum Gasteiger partial charge on any atom is 0.222 e. The normalized spacial score (nSPS) is 22.9. The van der Waals surface area contributed by atoms with Crippen LogP contribution in [0.25, 0.3) is 0 Å². The second-order valence-corrected chi connectivity index (χ2v) is 9.99. The molecular formula is C20H29FN2O3S. The number of benzene rings is 1. The summed E-state index contributed by atoms with van der Waals surface area (Å²) < 4.78 is 35.9. The van der Waals surface area contributed by atoms with Crippen molar-refractivity contribution < 1.29 is 17.6 Å². The maximum absolute atomic E-state index is 12.9. The highest BCUT2D eigenvalue weighted by Crippen LogP contribution is 2.23. The summed E-state index contributed by atoms with van der Waals surface area (Å²) in [5.74, 6) is 0.649. The topological polar surface area (TPSA) is 57.7 Å². The van der Waals surface area contributed by atoms with Crippen molar-refractivity contribution in [2.24, 2.45) is 5.92 Å². The van der Waals surface area contributed by atoms with Gasteiger partial charge in [0.15, 0.2) is 9.84 Å². The molecule has 3 rings (SSSR count). The maximum atomic E-state index is 12.9. The van der Waals surface area contributed by atoms with Crippen molar-refractivity contribution >= 4 is 15.7 Å². The van der Waals surface area contributed by atoms with Gasteiger partial charge < -0.3 is 4.90 Å². The zero-order valence-electron chi connectivity index (χ0n) is 15.8. The van der Waals surface area contributed by atoms with Crippen LogP contribution in [-0.2, 0) is 21.1 Å². The zero-order valence-corrected chi connectivity index (χ0v) is 16.6. The smallest absolute Gasteiger partial charge is 0.222 e. The van der Waals surface area contributed by atoms with E-state index in [1.807, 2.05) is 17.0 Å². The number of sulfone groups is 1. The number of aryl methyl sites for hydroxylation is 1. The Balaban J connectivity index is 1.31. The molecule has 27 heavy (non-hydrogen) atoms. The molecule has 1 aromatic rings. The van der Waals surface area contributed by atoms with Crippen LogP contribution in [0.4, 0.5) is 4.39 Å². The lowest BCUT2D eigenvalue weighted by atomic mass is 10.0. The van der Waals surface area contributed by atoms with Crippen LogP contribution < -0.4 is 0 Å². The summed E-state index contributed by atoms with van der Waals surface area (Å²) >= 11 is 0. The molecule has 2 aliphatic heterocycles. The highest BCUT2D eigenvalue weighted by Gasteiger charge is 2.29. The van der Waals surface area contributed by atoms with Gasteiger partial charge in [0.1, 0.15) is 5.82 Å². The van der Waals surface area contributed by atoms with Gasteiger partial charge >= 0.3 is 0 Å². The second-order valence-electron chi connectivity index (χ2n) is 7.76. The van der Waals surface area contributed by atoms with Crippen LogP contribution in [0.3, 0.4) is 0 Å². The predicted octanol–water partition coefficient (Wildman–Crippen LogP) is 2.12. The number of piperazine rings is 1. The largest absolute Gasteiger partial charge is 0.340 e. The Bertz CT molecular complexity index is 728. The number of hydrogen-bond acceptors (Lipinski definition) is 4. The van der Waals surface area contributed by atoms with Crippen molar-refractivity contribution in [2.45, 2.75) is 32.1 Å². The van der Waals surface area contributed by atoms with Gasteiger partial charge in [-0.3, -0.25) is 9.69 Å². The Morgan fingerprint density at radius 3 is 2.44 bits per heavy atom. The second kappa shape index (κ2) is 9.15. The minimum atomic E-state index is -2.86. The van der Waals surface area contributed by atoms with Crippen LogP contribution in [-0.4, -0.2) is 68.4 Å². The third-order valence-electron chi connectivity index (χ3n) is 5.67. The lowest BCUT2D eigenvalue weighted by molar-refractivity contribution is -0.133. The molecule has 2 saturated heterocycles. The van der Waals surface area contributed by atoms with Gasteiger partial charge in [-0.25, -0.2) is 12.8 Å². The quantitative estimate of drug-likeness (QED) is 0.708. The number of carbonyl (C=O) groups is 1. The number of hydrogen-bond donors (Lipinski definition) is 0. The monoisotopic (exact) mass is 396 g/mol. The number of nitrogens with zero attached hydrogens (tertiary/aromatic N) is 2. The van der Waals surface area contributed by atoms with Gasteiger partial charge in [-0.05, 0) is 55.8 Å². The third kappa shape index (κ3) is 6.28. The van der Waals surface area contributed by atoms with Gasteiger partial charge in [0.25, 0.3) is 0 Å². The Hall–Kier alpha value is -1.47. The molecule has 0 saturated carbocycles. The van der Waals surface area contributed by atoms with Gasteiger partial charge in [-0.1, -0.05) is 12.1 Å². The van der Waals surface area contributed by atoms with Crippen molar-refractivity contribution in [2.75, 3.05) is 44.2 Å². The fourth-order valence-electron chi connectivity index (χ4n) is 3.96. The van der Waals surface area contributed by atoms with E-state index in [-0.39, 0.29) is 29.1 Å².